The molecule has 0 aromatic rings. The largest absolute Gasteiger partial charge is 0.390 e. The van der Waals surface area contributed by atoms with E-state index in [1.807, 2.05) is 18.7 Å². The number of nitrogens with one attached hydrogen (secondary N) is 1. The third-order valence-corrected chi connectivity index (χ3v) is 3.14. The van der Waals surface area contributed by atoms with Crippen LogP contribution in [0.15, 0.2) is 4.99 Å². The van der Waals surface area contributed by atoms with E-state index >= 15 is 0 Å². The number of nitrogens with zero attached hydrogens (tertiary/aromatic N) is 2. The molecule has 0 saturated carbocycles. The molecule has 1 N–H and O–H groups in total. The summed E-state index contributed by atoms with van der Waals surface area (Å²) in [6.07, 6.45) is -3.00. The highest BCUT2D eigenvalue weighted by Gasteiger charge is 2.27. The predicted octanol–water partition coefficient (Wildman–Crippen LogP) is 3.02. The van der Waals surface area contributed by atoms with Gasteiger partial charge in [0.2, 0.25) is 0 Å². The minimum Gasteiger partial charge on any atom is -0.378 e. The molecule has 1 heterocycles. The predicted molar refractivity (Wildman–Crippen MR) is 88.3 cm³/mol. The van der Waals surface area contributed by atoms with Gasteiger partial charge in [0.1, 0.15) is 0 Å². The highest BCUT2D eigenvalue weighted by Crippen LogP contribution is 2.19. The Balaban J connectivity index is 0.00000400. The van der Waals surface area contributed by atoms with Crippen molar-refractivity contribution in [2.24, 2.45) is 4.99 Å². The third kappa shape index (κ3) is 8.70. The standard InChI is InChI=1S/C13H24F3N3O.HI/c1-3-17-12(18-8-7-13(14,15)16)19-9-5-11(6-10-19)20-4-2;/h11H,3-10H2,1-2H3,(H,17,18);1H. The summed E-state index contributed by atoms with van der Waals surface area (Å²) in [6.45, 7) is 6.53. The molecular weight excluding hydrogens is 398 g/mol. The van der Waals surface area contributed by atoms with Crippen LogP contribution in [0, 0.1) is 0 Å². The topological polar surface area (TPSA) is 36.9 Å². The van der Waals surface area contributed by atoms with Crippen molar-refractivity contribution in [1.29, 1.82) is 0 Å². The van der Waals surface area contributed by atoms with Crippen molar-refractivity contribution in [3.05, 3.63) is 0 Å². The summed E-state index contributed by atoms with van der Waals surface area (Å²) in [5, 5.41) is 3.05. The number of rotatable bonds is 5. The molecular formula is C13H25F3IN3O. The van der Waals surface area contributed by atoms with Gasteiger partial charge in [-0.1, -0.05) is 0 Å². The van der Waals surface area contributed by atoms with Crippen molar-refractivity contribution >= 4 is 29.9 Å². The van der Waals surface area contributed by atoms with Gasteiger partial charge in [0.25, 0.3) is 0 Å². The van der Waals surface area contributed by atoms with Gasteiger partial charge in [-0.25, -0.2) is 0 Å². The lowest BCUT2D eigenvalue weighted by molar-refractivity contribution is -0.132. The van der Waals surface area contributed by atoms with Crippen molar-refractivity contribution in [1.82, 2.24) is 10.2 Å². The lowest BCUT2D eigenvalue weighted by atomic mass is 10.1. The second-order valence-corrected chi connectivity index (χ2v) is 4.74. The summed E-state index contributed by atoms with van der Waals surface area (Å²) in [5.41, 5.74) is 0. The monoisotopic (exact) mass is 423 g/mol. The van der Waals surface area contributed by atoms with Crippen LogP contribution in [0.25, 0.3) is 0 Å². The van der Waals surface area contributed by atoms with E-state index in [0.717, 1.165) is 25.9 Å². The Morgan fingerprint density at radius 2 is 1.90 bits per heavy atom. The van der Waals surface area contributed by atoms with E-state index in [1.54, 1.807) is 0 Å². The van der Waals surface area contributed by atoms with Crippen LogP contribution < -0.4 is 5.32 Å². The van der Waals surface area contributed by atoms with Gasteiger partial charge in [0.15, 0.2) is 5.96 Å². The number of piperidine rings is 1. The van der Waals surface area contributed by atoms with E-state index < -0.39 is 12.6 Å². The molecule has 1 aliphatic heterocycles. The minimum absolute atomic E-state index is 0. The summed E-state index contributed by atoms with van der Waals surface area (Å²) in [6, 6.07) is 0. The number of guanidine groups is 1. The van der Waals surface area contributed by atoms with Gasteiger partial charge in [-0.2, -0.15) is 13.2 Å². The van der Waals surface area contributed by atoms with Gasteiger partial charge in [-0.15, -0.1) is 24.0 Å². The van der Waals surface area contributed by atoms with E-state index in [4.69, 9.17) is 4.74 Å². The van der Waals surface area contributed by atoms with Crippen molar-refractivity contribution < 1.29 is 17.9 Å². The number of likely N-dealkylation sites (tertiary alicyclic amines) is 1. The van der Waals surface area contributed by atoms with Gasteiger partial charge in [-0.05, 0) is 26.7 Å². The second kappa shape index (κ2) is 10.5. The quantitative estimate of drug-likeness (QED) is 0.420. The molecule has 1 rings (SSSR count). The van der Waals surface area contributed by atoms with Gasteiger partial charge < -0.3 is 15.0 Å². The Labute approximate surface area is 141 Å². The number of ether oxygens (including phenoxy) is 1. The first kappa shape index (κ1) is 20.8. The molecule has 1 fully saturated rings. The first-order valence-corrected chi connectivity index (χ1v) is 7.18. The molecule has 8 heteroatoms. The molecule has 0 amide bonds. The third-order valence-electron chi connectivity index (χ3n) is 3.14. The van der Waals surface area contributed by atoms with E-state index in [0.29, 0.717) is 19.1 Å². The highest BCUT2D eigenvalue weighted by atomic mass is 127. The number of halogens is 4. The van der Waals surface area contributed by atoms with E-state index in [1.165, 1.54) is 0 Å². The average molecular weight is 423 g/mol. The van der Waals surface area contributed by atoms with Crippen LogP contribution in [0.2, 0.25) is 0 Å². The normalized spacial score (nSPS) is 17.6. The summed E-state index contributed by atoms with van der Waals surface area (Å²) in [5.74, 6) is 0.576. The van der Waals surface area contributed by atoms with E-state index in [2.05, 4.69) is 10.3 Å². The fourth-order valence-corrected chi connectivity index (χ4v) is 2.18. The van der Waals surface area contributed by atoms with Gasteiger partial charge in [0.05, 0.1) is 19.1 Å². The lowest BCUT2D eigenvalue weighted by Crippen LogP contribution is -2.47. The van der Waals surface area contributed by atoms with Crippen LogP contribution in [0.4, 0.5) is 13.2 Å². The number of aliphatic imine (C=N–C) groups is 1. The molecule has 0 aromatic heterocycles. The van der Waals surface area contributed by atoms with Crippen LogP contribution in [0.5, 0.6) is 0 Å². The molecule has 126 valence electrons. The first-order valence-electron chi connectivity index (χ1n) is 7.18. The first-order chi connectivity index (χ1) is 9.46. The van der Waals surface area contributed by atoms with Crippen LogP contribution in [-0.2, 0) is 4.74 Å². The van der Waals surface area contributed by atoms with Crippen LogP contribution >= 0.6 is 24.0 Å². The SMILES string of the molecule is CCNC(=NCCC(F)(F)F)N1CCC(OCC)CC1.I. The Bertz CT molecular complexity index is 306. The summed E-state index contributed by atoms with van der Waals surface area (Å²) in [7, 11) is 0. The van der Waals surface area contributed by atoms with E-state index in [9.17, 15) is 13.2 Å². The molecule has 0 aliphatic carbocycles. The zero-order valence-corrected chi connectivity index (χ0v) is 14.9. The van der Waals surface area contributed by atoms with Crippen LogP contribution in [-0.4, -0.2) is 55.9 Å². The zero-order chi connectivity index (χ0) is 15.0. The average Bonchev–Trinajstić information content (AvgIpc) is 2.38. The molecule has 1 aliphatic rings. The summed E-state index contributed by atoms with van der Waals surface area (Å²) >= 11 is 0. The summed E-state index contributed by atoms with van der Waals surface area (Å²) < 4.78 is 42.0. The van der Waals surface area contributed by atoms with Crippen molar-refractivity contribution in [3.63, 3.8) is 0 Å². The van der Waals surface area contributed by atoms with Gasteiger partial charge in [0, 0.05) is 26.2 Å². The molecule has 0 unspecified atom stereocenters. The molecule has 0 spiro atoms. The number of hydrogen-bond acceptors (Lipinski definition) is 2. The maximum atomic E-state index is 12.2. The Hall–Kier alpha value is -0.250. The van der Waals surface area contributed by atoms with Crippen LogP contribution in [0.1, 0.15) is 33.1 Å². The fraction of sp³-hybridized carbons (Fsp3) is 0.923. The molecule has 0 bridgehead atoms. The van der Waals surface area contributed by atoms with Crippen molar-refractivity contribution in [2.45, 2.75) is 45.4 Å². The van der Waals surface area contributed by atoms with Crippen LogP contribution in [0.3, 0.4) is 0 Å². The zero-order valence-electron chi connectivity index (χ0n) is 12.6. The van der Waals surface area contributed by atoms with Gasteiger partial charge >= 0.3 is 6.18 Å². The van der Waals surface area contributed by atoms with Crippen molar-refractivity contribution in [3.8, 4) is 0 Å². The fourth-order valence-electron chi connectivity index (χ4n) is 2.18. The molecule has 0 atom stereocenters. The molecule has 21 heavy (non-hydrogen) atoms. The van der Waals surface area contributed by atoms with Crippen molar-refractivity contribution in [2.75, 3.05) is 32.8 Å². The highest BCUT2D eigenvalue weighted by molar-refractivity contribution is 14.0. The summed E-state index contributed by atoms with van der Waals surface area (Å²) in [4.78, 5) is 6.07. The molecule has 1 saturated heterocycles. The maximum Gasteiger partial charge on any atom is 0.390 e. The number of hydrogen-bond donors (Lipinski definition) is 1. The Morgan fingerprint density at radius 1 is 1.29 bits per heavy atom. The maximum absolute atomic E-state index is 12.2. The lowest BCUT2D eigenvalue weighted by Gasteiger charge is -2.34. The Morgan fingerprint density at radius 3 is 2.38 bits per heavy atom. The second-order valence-electron chi connectivity index (χ2n) is 4.74. The number of alkyl halides is 3. The molecule has 4 nitrogen and oxygen atoms in total. The van der Waals surface area contributed by atoms with Gasteiger partial charge in [-0.3, -0.25) is 4.99 Å². The Kier molecular flexibility index (Phi) is 10.3. The van der Waals surface area contributed by atoms with E-state index in [-0.39, 0.29) is 36.6 Å². The molecule has 0 aromatic carbocycles. The molecule has 0 radical (unpaired) electrons. The minimum atomic E-state index is -4.15. The smallest absolute Gasteiger partial charge is 0.378 e.